The first-order valence-corrected chi connectivity index (χ1v) is 15.6. The fraction of sp³-hybridized carbons (Fsp3) is 0.735. The van der Waals surface area contributed by atoms with E-state index in [1.807, 2.05) is 26.0 Å². The van der Waals surface area contributed by atoms with Crippen molar-refractivity contribution >= 4 is 11.6 Å². The fourth-order valence-electron chi connectivity index (χ4n) is 10.9. The first-order valence-electron chi connectivity index (χ1n) is 15.6. The Kier molecular flexibility index (Phi) is 6.23. The second-order valence-electron chi connectivity index (χ2n) is 15.3. The number of carbonyl (C=O) groups is 2. The van der Waals surface area contributed by atoms with Gasteiger partial charge in [-0.2, -0.15) is 10.2 Å². The molecule has 3 saturated carbocycles. The summed E-state index contributed by atoms with van der Waals surface area (Å²) in [6, 6.07) is 2.20. The number of nitrogens with zero attached hydrogens (tertiary/aromatic N) is 3. The summed E-state index contributed by atoms with van der Waals surface area (Å²) in [4.78, 5) is 32.8. The van der Waals surface area contributed by atoms with Gasteiger partial charge < -0.3 is 9.63 Å². The molecule has 1 N–H and O–H groups in total. The number of fused-ring (bicyclic) bond motifs is 7. The van der Waals surface area contributed by atoms with Crippen LogP contribution in [0.15, 0.2) is 27.8 Å². The molecule has 7 heteroatoms. The van der Waals surface area contributed by atoms with E-state index in [1.165, 1.54) is 0 Å². The largest absolute Gasteiger partial charge is 0.396 e. The van der Waals surface area contributed by atoms with Crippen molar-refractivity contribution < 1.29 is 19.2 Å². The molecule has 1 aromatic heterocycles. The van der Waals surface area contributed by atoms with Crippen molar-refractivity contribution in [3.8, 4) is 6.07 Å². The highest BCUT2D eigenvalue weighted by Gasteiger charge is 2.71. The van der Waals surface area contributed by atoms with Gasteiger partial charge in [-0.3, -0.25) is 9.59 Å². The molecule has 3 fully saturated rings. The number of hydrogen-bond acceptors (Lipinski definition) is 7. The summed E-state index contributed by atoms with van der Waals surface area (Å²) in [5, 5.41) is 23.6. The molecule has 1 aromatic rings. The van der Waals surface area contributed by atoms with Crippen LogP contribution in [0.1, 0.15) is 98.7 Å². The van der Waals surface area contributed by atoms with Crippen LogP contribution in [0.5, 0.6) is 0 Å². The minimum absolute atomic E-state index is 0.0297. The average Bonchev–Trinajstić information content (AvgIpc) is 3.39. The van der Waals surface area contributed by atoms with Gasteiger partial charge in [-0.15, -0.1) is 0 Å². The summed E-state index contributed by atoms with van der Waals surface area (Å²) in [5.74, 6) is 1.95. The van der Waals surface area contributed by atoms with Gasteiger partial charge in [0, 0.05) is 23.2 Å². The molecular formula is C34H45N3O4. The Hall–Kier alpha value is -2.59. The van der Waals surface area contributed by atoms with Crippen molar-refractivity contribution in [2.75, 3.05) is 6.61 Å². The fourth-order valence-corrected chi connectivity index (χ4v) is 10.9. The van der Waals surface area contributed by atoms with E-state index in [9.17, 15) is 20.0 Å². The molecule has 9 atom stereocenters. The van der Waals surface area contributed by atoms with Crippen molar-refractivity contribution in [2.45, 2.75) is 98.8 Å². The van der Waals surface area contributed by atoms with Crippen LogP contribution in [0.4, 0.5) is 0 Å². The molecule has 0 spiro atoms. The Morgan fingerprint density at radius 2 is 1.80 bits per heavy atom. The lowest BCUT2D eigenvalue weighted by Crippen LogP contribution is -2.66. The molecule has 0 saturated heterocycles. The van der Waals surface area contributed by atoms with Crippen LogP contribution in [0, 0.1) is 62.6 Å². The van der Waals surface area contributed by atoms with E-state index in [0.717, 1.165) is 44.1 Å². The third kappa shape index (κ3) is 3.46. The predicted molar refractivity (Wildman–Crippen MR) is 153 cm³/mol. The highest BCUT2D eigenvalue weighted by molar-refractivity contribution is 6.04. The average molecular weight is 560 g/mol. The van der Waals surface area contributed by atoms with Crippen molar-refractivity contribution in [1.82, 2.24) is 10.1 Å². The second kappa shape index (κ2) is 8.96. The number of nitriles is 1. The molecule has 0 aromatic carbocycles. The lowest BCUT2D eigenvalue weighted by Gasteiger charge is -2.69. The molecule has 5 aliphatic rings. The van der Waals surface area contributed by atoms with Gasteiger partial charge in [0.15, 0.2) is 17.4 Å². The van der Waals surface area contributed by atoms with Crippen LogP contribution in [0.25, 0.3) is 0 Å². The van der Waals surface area contributed by atoms with Gasteiger partial charge in [0.25, 0.3) is 0 Å². The predicted octanol–water partition coefficient (Wildman–Crippen LogP) is 5.93. The van der Waals surface area contributed by atoms with Crippen molar-refractivity contribution in [3.63, 3.8) is 0 Å². The zero-order valence-electron chi connectivity index (χ0n) is 25.7. The molecular weight excluding hydrogens is 514 g/mol. The van der Waals surface area contributed by atoms with Gasteiger partial charge in [0.2, 0.25) is 5.89 Å². The summed E-state index contributed by atoms with van der Waals surface area (Å²) >= 11 is 0. The van der Waals surface area contributed by atoms with Gasteiger partial charge in [0.1, 0.15) is 6.07 Å². The smallest absolute Gasteiger partial charge is 0.233 e. The molecule has 6 rings (SSSR count). The monoisotopic (exact) mass is 559 g/mol. The molecule has 0 bridgehead atoms. The van der Waals surface area contributed by atoms with E-state index in [-0.39, 0.29) is 57.7 Å². The van der Waals surface area contributed by atoms with E-state index in [4.69, 9.17) is 9.51 Å². The zero-order valence-corrected chi connectivity index (χ0v) is 25.7. The highest BCUT2D eigenvalue weighted by Crippen LogP contribution is 2.74. The van der Waals surface area contributed by atoms with Crippen LogP contribution >= 0.6 is 0 Å². The van der Waals surface area contributed by atoms with Gasteiger partial charge in [-0.25, -0.2) is 0 Å². The number of ketones is 2. The molecule has 7 nitrogen and oxygen atoms in total. The van der Waals surface area contributed by atoms with E-state index in [1.54, 1.807) is 0 Å². The molecule has 0 aliphatic heterocycles. The first kappa shape index (κ1) is 28.5. The lowest BCUT2D eigenvalue weighted by molar-refractivity contribution is -0.166. The van der Waals surface area contributed by atoms with Crippen LogP contribution in [-0.2, 0) is 21.4 Å². The quantitative estimate of drug-likeness (QED) is 0.488. The van der Waals surface area contributed by atoms with Crippen molar-refractivity contribution in [3.05, 3.63) is 35.0 Å². The first-order chi connectivity index (χ1) is 19.2. The number of aromatic nitrogens is 2. The molecule has 0 radical (unpaired) electrons. The maximum Gasteiger partial charge on any atom is 0.233 e. The van der Waals surface area contributed by atoms with Crippen LogP contribution in [-0.4, -0.2) is 33.4 Å². The van der Waals surface area contributed by atoms with Gasteiger partial charge in [-0.1, -0.05) is 65.3 Å². The SMILES string of the molecule is C[C@@H]1[C@H]2[C@H]3C(=O)C=C4[C@@]5(C)C=C(C#N)C(=O)C(C)(C)[C@@H]5CC[C@@]4(C)[C@]3(C)CC[C@@]2(c2nc(CCO)no2)CC[C@H]1C. The van der Waals surface area contributed by atoms with Crippen LogP contribution < -0.4 is 0 Å². The van der Waals surface area contributed by atoms with Crippen molar-refractivity contribution in [2.24, 2.45) is 51.2 Å². The summed E-state index contributed by atoms with van der Waals surface area (Å²) in [6.45, 7) is 15.4. The topological polar surface area (TPSA) is 117 Å². The van der Waals surface area contributed by atoms with E-state index < -0.39 is 10.8 Å². The lowest BCUT2D eigenvalue weighted by atomic mass is 9.34. The normalized spacial score (nSPS) is 44.9. The van der Waals surface area contributed by atoms with Crippen LogP contribution in [0.3, 0.4) is 0 Å². The minimum atomic E-state index is -0.670. The summed E-state index contributed by atoms with van der Waals surface area (Å²) in [5.41, 5.74) is -0.768. The third-order valence-corrected chi connectivity index (χ3v) is 13.5. The van der Waals surface area contributed by atoms with Gasteiger partial charge in [-0.05, 0) is 79.1 Å². The number of aliphatic hydroxyl groups is 1. The van der Waals surface area contributed by atoms with Gasteiger partial charge >= 0.3 is 0 Å². The van der Waals surface area contributed by atoms with E-state index in [0.29, 0.717) is 30.0 Å². The maximum atomic E-state index is 14.7. The maximum absolute atomic E-state index is 14.7. The van der Waals surface area contributed by atoms with Crippen molar-refractivity contribution in [1.29, 1.82) is 5.26 Å². The summed E-state index contributed by atoms with van der Waals surface area (Å²) in [7, 11) is 0. The number of rotatable bonds is 3. The third-order valence-electron chi connectivity index (χ3n) is 13.5. The Morgan fingerprint density at radius 3 is 2.49 bits per heavy atom. The summed E-state index contributed by atoms with van der Waals surface area (Å²) < 4.78 is 5.95. The molecule has 0 amide bonds. The van der Waals surface area contributed by atoms with E-state index in [2.05, 4.69) is 45.8 Å². The molecule has 0 unspecified atom stereocenters. The molecule has 1 heterocycles. The summed E-state index contributed by atoms with van der Waals surface area (Å²) in [6.07, 6.45) is 9.72. The second-order valence-corrected chi connectivity index (χ2v) is 15.3. The number of hydrogen-bond donors (Lipinski definition) is 1. The Labute approximate surface area is 243 Å². The number of aliphatic hydroxyl groups excluding tert-OH is 1. The van der Waals surface area contributed by atoms with Crippen LogP contribution in [0.2, 0.25) is 0 Å². The number of allylic oxidation sites excluding steroid dienone is 4. The highest BCUT2D eigenvalue weighted by atomic mass is 16.5. The Bertz CT molecular complexity index is 1410. The van der Waals surface area contributed by atoms with Gasteiger partial charge in [0.05, 0.1) is 17.6 Å². The zero-order chi connectivity index (χ0) is 29.8. The molecule has 41 heavy (non-hydrogen) atoms. The standard InChI is InChI=1S/C34H45N3O4/c1-19-8-12-34(29-36-25(10-15-38)37-41-29)14-13-33(7)27(26(34)20(19)2)22(39)16-24-31(5)17-21(18-35)28(40)30(3,4)23(31)9-11-32(24,33)6/h16-17,19-20,23,26-27,38H,8-15H2,1-7H3/t19-,20+,23+,26+,27-,31+,32-,33-,34+/m1/s1. The Balaban J connectivity index is 1.52. The van der Waals surface area contributed by atoms with E-state index >= 15 is 0 Å². The number of Topliss-reactive ketones (excluding diaryl/α,β-unsaturated/α-hetero) is 1. The Morgan fingerprint density at radius 1 is 1.07 bits per heavy atom. The molecule has 220 valence electrons. The minimum Gasteiger partial charge on any atom is -0.396 e. The number of carbonyl (C=O) groups excluding carboxylic acids is 2. The molecule has 5 aliphatic carbocycles.